The van der Waals surface area contributed by atoms with Gasteiger partial charge in [0.05, 0.1) is 6.61 Å². The molecule has 1 aliphatic rings. The van der Waals surface area contributed by atoms with Crippen LogP contribution in [0.15, 0.2) is 6.07 Å². The van der Waals surface area contributed by atoms with Crippen LogP contribution in [0.3, 0.4) is 0 Å². The maximum absolute atomic E-state index is 11.7. The number of aromatic nitrogens is 2. The fraction of sp³-hybridized carbons (Fsp3) is 0.643. The van der Waals surface area contributed by atoms with Crippen molar-refractivity contribution in [2.75, 3.05) is 37.7 Å². The Morgan fingerprint density at radius 1 is 1.29 bits per heavy atom. The molecule has 0 aromatic carbocycles. The fourth-order valence-electron chi connectivity index (χ4n) is 2.28. The van der Waals surface area contributed by atoms with E-state index in [-0.39, 0.29) is 6.09 Å². The highest BCUT2D eigenvalue weighted by Gasteiger charge is 2.23. The van der Waals surface area contributed by atoms with Crippen LogP contribution >= 0.6 is 11.6 Å². The number of anilines is 1. The SMILES string of the molecule is CCCc1nc(Cl)cc(N2CCN(C(=O)OCC)CC2)n1. The molecule has 1 saturated heterocycles. The van der Waals surface area contributed by atoms with E-state index < -0.39 is 0 Å². The van der Waals surface area contributed by atoms with Crippen molar-refractivity contribution < 1.29 is 9.53 Å². The third kappa shape index (κ3) is 4.20. The zero-order valence-corrected chi connectivity index (χ0v) is 13.3. The summed E-state index contributed by atoms with van der Waals surface area (Å²) in [5.74, 6) is 1.61. The Hall–Kier alpha value is -1.56. The number of hydrogen-bond acceptors (Lipinski definition) is 5. The van der Waals surface area contributed by atoms with Gasteiger partial charge in [0, 0.05) is 38.7 Å². The van der Waals surface area contributed by atoms with E-state index in [0.717, 1.165) is 37.6 Å². The van der Waals surface area contributed by atoms with Gasteiger partial charge in [-0.1, -0.05) is 18.5 Å². The molecule has 0 saturated carbocycles. The molecule has 0 unspecified atom stereocenters. The Kier molecular flexibility index (Phi) is 5.61. The van der Waals surface area contributed by atoms with Crippen LogP contribution in [-0.4, -0.2) is 53.7 Å². The molecule has 1 aromatic heterocycles. The molecule has 0 spiro atoms. The summed E-state index contributed by atoms with van der Waals surface area (Å²) in [7, 11) is 0. The summed E-state index contributed by atoms with van der Waals surface area (Å²) in [4.78, 5) is 24.3. The minimum Gasteiger partial charge on any atom is -0.450 e. The predicted octanol–water partition coefficient (Wildman–Crippen LogP) is 2.36. The highest BCUT2D eigenvalue weighted by molar-refractivity contribution is 6.29. The van der Waals surface area contributed by atoms with Crippen LogP contribution in [0.1, 0.15) is 26.1 Å². The Bertz CT molecular complexity index is 490. The first-order valence-electron chi connectivity index (χ1n) is 7.34. The Morgan fingerprint density at radius 2 is 2.00 bits per heavy atom. The molecule has 0 N–H and O–H groups in total. The molecule has 0 aliphatic carbocycles. The van der Waals surface area contributed by atoms with Gasteiger partial charge in [0.25, 0.3) is 0 Å². The van der Waals surface area contributed by atoms with Crippen molar-refractivity contribution in [3.8, 4) is 0 Å². The van der Waals surface area contributed by atoms with E-state index in [2.05, 4.69) is 21.8 Å². The van der Waals surface area contributed by atoms with E-state index in [1.807, 2.05) is 6.92 Å². The number of carbonyl (C=O) groups excluding carboxylic acids is 1. The molecule has 116 valence electrons. The van der Waals surface area contributed by atoms with Crippen molar-refractivity contribution in [1.29, 1.82) is 0 Å². The number of aryl methyl sites for hydroxylation is 1. The van der Waals surface area contributed by atoms with Crippen LogP contribution in [0.25, 0.3) is 0 Å². The van der Waals surface area contributed by atoms with Crippen molar-refractivity contribution in [2.45, 2.75) is 26.7 Å². The number of nitrogens with zero attached hydrogens (tertiary/aromatic N) is 4. The van der Waals surface area contributed by atoms with Gasteiger partial charge in [-0.2, -0.15) is 0 Å². The fourth-order valence-corrected chi connectivity index (χ4v) is 2.48. The second kappa shape index (κ2) is 7.45. The van der Waals surface area contributed by atoms with E-state index in [1.54, 1.807) is 11.0 Å². The average Bonchev–Trinajstić information content (AvgIpc) is 2.47. The van der Waals surface area contributed by atoms with Crippen molar-refractivity contribution in [1.82, 2.24) is 14.9 Å². The maximum Gasteiger partial charge on any atom is 0.409 e. The van der Waals surface area contributed by atoms with Gasteiger partial charge in [-0.05, 0) is 13.3 Å². The van der Waals surface area contributed by atoms with Crippen LogP contribution in [-0.2, 0) is 11.2 Å². The lowest BCUT2D eigenvalue weighted by Crippen LogP contribution is -2.49. The molecule has 2 heterocycles. The number of amides is 1. The van der Waals surface area contributed by atoms with E-state index in [0.29, 0.717) is 24.8 Å². The van der Waals surface area contributed by atoms with Crippen molar-refractivity contribution in [3.05, 3.63) is 17.0 Å². The standard InChI is InChI=1S/C14H21ClN4O2/c1-3-5-12-16-11(15)10-13(17-12)18-6-8-19(9-7-18)14(20)21-4-2/h10H,3-9H2,1-2H3. The smallest absolute Gasteiger partial charge is 0.409 e. The van der Waals surface area contributed by atoms with Crippen molar-refractivity contribution in [3.63, 3.8) is 0 Å². The molecule has 2 rings (SSSR count). The molecule has 7 heteroatoms. The molecule has 0 radical (unpaired) electrons. The third-order valence-electron chi connectivity index (χ3n) is 3.33. The highest BCUT2D eigenvalue weighted by Crippen LogP contribution is 2.18. The summed E-state index contributed by atoms with van der Waals surface area (Å²) in [6.45, 7) is 7.00. The monoisotopic (exact) mass is 312 g/mol. The topological polar surface area (TPSA) is 58.6 Å². The summed E-state index contributed by atoms with van der Waals surface area (Å²) >= 11 is 6.06. The van der Waals surface area contributed by atoms with Crippen molar-refractivity contribution >= 4 is 23.5 Å². The number of rotatable bonds is 4. The summed E-state index contributed by atoms with van der Waals surface area (Å²) in [5.41, 5.74) is 0. The zero-order chi connectivity index (χ0) is 15.2. The van der Waals surface area contributed by atoms with Gasteiger partial charge < -0.3 is 14.5 Å². The minimum absolute atomic E-state index is 0.246. The molecule has 0 atom stereocenters. The first-order valence-corrected chi connectivity index (χ1v) is 7.72. The minimum atomic E-state index is -0.246. The van der Waals surface area contributed by atoms with Crippen LogP contribution in [0.5, 0.6) is 0 Å². The Labute approximate surface area is 130 Å². The van der Waals surface area contributed by atoms with E-state index in [4.69, 9.17) is 16.3 Å². The highest BCUT2D eigenvalue weighted by atomic mass is 35.5. The quantitative estimate of drug-likeness (QED) is 0.799. The Balaban J connectivity index is 2.00. The average molecular weight is 313 g/mol. The summed E-state index contributed by atoms with van der Waals surface area (Å²) in [5, 5.41) is 0.469. The van der Waals surface area contributed by atoms with Gasteiger partial charge in [-0.15, -0.1) is 0 Å². The summed E-state index contributed by atoms with van der Waals surface area (Å²) < 4.78 is 5.01. The zero-order valence-electron chi connectivity index (χ0n) is 12.5. The van der Waals surface area contributed by atoms with Crippen LogP contribution in [0.4, 0.5) is 10.6 Å². The largest absolute Gasteiger partial charge is 0.450 e. The number of carbonyl (C=O) groups is 1. The van der Waals surface area contributed by atoms with Crippen LogP contribution in [0, 0.1) is 0 Å². The predicted molar refractivity (Wildman–Crippen MR) is 81.8 cm³/mol. The second-order valence-electron chi connectivity index (χ2n) is 4.89. The molecule has 21 heavy (non-hydrogen) atoms. The third-order valence-corrected chi connectivity index (χ3v) is 3.52. The van der Waals surface area contributed by atoms with E-state index in [1.165, 1.54) is 0 Å². The first kappa shape index (κ1) is 15.8. The van der Waals surface area contributed by atoms with Gasteiger partial charge in [-0.25, -0.2) is 14.8 Å². The Morgan fingerprint density at radius 3 is 2.62 bits per heavy atom. The lowest BCUT2D eigenvalue weighted by atomic mass is 10.3. The van der Waals surface area contributed by atoms with Crippen LogP contribution in [0.2, 0.25) is 5.15 Å². The lowest BCUT2D eigenvalue weighted by Gasteiger charge is -2.34. The normalized spacial score (nSPS) is 15.2. The maximum atomic E-state index is 11.7. The molecule has 6 nitrogen and oxygen atoms in total. The van der Waals surface area contributed by atoms with Crippen molar-refractivity contribution in [2.24, 2.45) is 0 Å². The van der Waals surface area contributed by atoms with Gasteiger partial charge in [0.15, 0.2) is 0 Å². The number of ether oxygens (including phenoxy) is 1. The molecule has 1 aromatic rings. The molecule has 1 aliphatic heterocycles. The first-order chi connectivity index (χ1) is 10.1. The van der Waals surface area contributed by atoms with E-state index in [9.17, 15) is 4.79 Å². The van der Waals surface area contributed by atoms with Gasteiger partial charge >= 0.3 is 6.09 Å². The molecular formula is C14H21ClN4O2. The number of hydrogen-bond donors (Lipinski definition) is 0. The second-order valence-corrected chi connectivity index (χ2v) is 5.28. The number of piperazine rings is 1. The van der Waals surface area contributed by atoms with Gasteiger partial charge in [-0.3, -0.25) is 0 Å². The van der Waals surface area contributed by atoms with Gasteiger partial charge in [0.1, 0.15) is 16.8 Å². The number of halogens is 1. The molecule has 1 fully saturated rings. The summed E-state index contributed by atoms with van der Waals surface area (Å²) in [6.07, 6.45) is 1.55. The summed E-state index contributed by atoms with van der Waals surface area (Å²) in [6, 6.07) is 1.78. The molecular weight excluding hydrogens is 292 g/mol. The molecule has 1 amide bonds. The van der Waals surface area contributed by atoms with Gasteiger partial charge in [0.2, 0.25) is 0 Å². The van der Waals surface area contributed by atoms with E-state index >= 15 is 0 Å². The molecule has 0 bridgehead atoms. The van der Waals surface area contributed by atoms with Crippen LogP contribution < -0.4 is 4.90 Å². The lowest BCUT2D eigenvalue weighted by molar-refractivity contribution is 0.105.